The van der Waals surface area contributed by atoms with Gasteiger partial charge in [-0.05, 0) is 80.9 Å². The van der Waals surface area contributed by atoms with Gasteiger partial charge in [0, 0.05) is 23.5 Å². The fraction of sp³-hybridized carbons (Fsp3) is 0.414. The van der Waals surface area contributed by atoms with Crippen LogP contribution in [0.3, 0.4) is 0 Å². The van der Waals surface area contributed by atoms with Crippen molar-refractivity contribution in [1.82, 2.24) is 14.9 Å². The summed E-state index contributed by atoms with van der Waals surface area (Å²) >= 11 is 0. The summed E-state index contributed by atoms with van der Waals surface area (Å²) in [7, 11) is 0. The first-order valence-corrected chi connectivity index (χ1v) is 13.0. The summed E-state index contributed by atoms with van der Waals surface area (Å²) in [4.78, 5) is 24.6. The smallest absolute Gasteiger partial charge is 0.228 e. The fourth-order valence-electron chi connectivity index (χ4n) is 6.30. The van der Waals surface area contributed by atoms with Gasteiger partial charge in [0.15, 0.2) is 0 Å². The Kier molecular flexibility index (Phi) is 6.09. The van der Waals surface area contributed by atoms with Gasteiger partial charge in [-0.2, -0.15) is 0 Å². The molecule has 0 radical (unpaired) electrons. The number of aromatic nitrogens is 2. The van der Waals surface area contributed by atoms with E-state index in [1.54, 1.807) is 0 Å². The first kappa shape index (κ1) is 23.0. The molecule has 3 aliphatic rings. The highest BCUT2D eigenvalue weighted by atomic mass is 16.5. The summed E-state index contributed by atoms with van der Waals surface area (Å²) in [5.41, 5.74) is 9.60. The average Bonchev–Trinajstić information content (AvgIpc) is 3.63. The first-order valence-electron chi connectivity index (χ1n) is 13.0. The number of hydrogen-bond acceptors (Lipinski definition) is 6. The van der Waals surface area contributed by atoms with E-state index in [2.05, 4.69) is 35.4 Å². The predicted octanol–water partition coefficient (Wildman–Crippen LogP) is 4.55. The van der Waals surface area contributed by atoms with E-state index in [0.29, 0.717) is 12.6 Å². The number of nitrogens with one attached hydrogen (secondary N) is 1. The Labute approximate surface area is 211 Å². The van der Waals surface area contributed by atoms with Crippen molar-refractivity contribution in [1.29, 1.82) is 0 Å². The highest BCUT2D eigenvalue weighted by molar-refractivity contribution is 5.85. The van der Waals surface area contributed by atoms with Gasteiger partial charge in [0.25, 0.3) is 0 Å². The number of para-hydroxylation sites is 1. The van der Waals surface area contributed by atoms with E-state index in [-0.39, 0.29) is 29.6 Å². The average molecular weight is 484 g/mol. The third kappa shape index (κ3) is 4.32. The van der Waals surface area contributed by atoms with Crippen molar-refractivity contribution in [2.45, 2.75) is 32.1 Å². The van der Waals surface area contributed by atoms with Crippen molar-refractivity contribution in [3.05, 3.63) is 65.9 Å². The number of ether oxygens (including phenoxy) is 1. The molecule has 1 aliphatic heterocycles. The highest BCUT2D eigenvalue weighted by Gasteiger charge is 2.49. The third-order valence-electron chi connectivity index (χ3n) is 8.03. The molecule has 4 atom stereocenters. The van der Waals surface area contributed by atoms with Crippen LogP contribution in [0.15, 0.2) is 54.6 Å². The summed E-state index contributed by atoms with van der Waals surface area (Å²) < 4.78 is 6.06. The maximum Gasteiger partial charge on any atom is 0.228 e. The Balaban J connectivity index is 1.25. The van der Waals surface area contributed by atoms with Gasteiger partial charge < -0.3 is 15.8 Å². The number of primary amides is 1. The molecule has 2 aliphatic carbocycles. The van der Waals surface area contributed by atoms with E-state index < -0.39 is 0 Å². The number of nitrogens with zero attached hydrogens (tertiary/aromatic N) is 3. The maximum absolute atomic E-state index is 12.4. The SMILES string of the molecule is Cc1cc(Nc2nc(C3C4C=CC(C4)C3C(N)=O)c3ccccc3n2)ccc1OCCN1CCCC1. The largest absolute Gasteiger partial charge is 0.492 e. The second-order valence-electron chi connectivity index (χ2n) is 10.4. The minimum absolute atomic E-state index is 0.0286. The molecule has 1 saturated heterocycles. The second kappa shape index (κ2) is 9.54. The number of fused-ring (bicyclic) bond motifs is 3. The van der Waals surface area contributed by atoms with E-state index in [0.717, 1.165) is 46.6 Å². The van der Waals surface area contributed by atoms with Crippen molar-refractivity contribution in [3.63, 3.8) is 0 Å². The molecule has 7 nitrogen and oxygen atoms in total. The lowest BCUT2D eigenvalue weighted by atomic mass is 9.79. The third-order valence-corrected chi connectivity index (χ3v) is 8.03. The van der Waals surface area contributed by atoms with Crippen LogP contribution in [0, 0.1) is 24.7 Å². The number of amides is 1. The van der Waals surface area contributed by atoms with Gasteiger partial charge in [0.1, 0.15) is 12.4 Å². The van der Waals surface area contributed by atoms with E-state index >= 15 is 0 Å². The van der Waals surface area contributed by atoms with Crippen molar-refractivity contribution < 1.29 is 9.53 Å². The van der Waals surface area contributed by atoms with Crippen LogP contribution in [0.4, 0.5) is 11.6 Å². The minimum atomic E-state index is -0.245. The van der Waals surface area contributed by atoms with Crippen LogP contribution >= 0.6 is 0 Å². The lowest BCUT2D eigenvalue weighted by Gasteiger charge is -2.26. The molecule has 3 N–H and O–H groups in total. The molecular weight excluding hydrogens is 450 g/mol. The van der Waals surface area contributed by atoms with Gasteiger partial charge >= 0.3 is 0 Å². The molecule has 7 heteroatoms. The van der Waals surface area contributed by atoms with Crippen LogP contribution in [-0.2, 0) is 4.79 Å². The summed E-state index contributed by atoms with van der Waals surface area (Å²) in [6, 6.07) is 14.1. The Morgan fingerprint density at radius 1 is 1.11 bits per heavy atom. The van der Waals surface area contributed by atoms with Gasteiger partial charge in [-0.3, -0.25) is 9.69 Å². The topological polar surface area (TPSA) is 93.4 Å². The Morgan fingerprint density at radius 2 is 1.92 bits per heavy atom. The summed E-state index contributed by atoms with van der Waals surface area (Å²) in [6.45, 7) is 6.08. The van der Waals surface area contributed by atoms with Gasteiger partial charge in [-0.15, -0.1) is 0 Å². The zero-order valence-corrected chi connectivity index (χ0v) is 20.7. The number of aryl methyl sites for hydroxylation is 1. The Hall–Kier alpha value is -3.45. The molecule has 2 bridgehead atoms. The van der Waals surface area contributed by atoms with Gasteiger partial charge in [0.05, 0.1) is 17.1 Å². The summed E-state index contributed by atoms with van der Waals surface area (Å²) in [5, 5.41) is 4.38. The molecule has 2 fully saturated rings. The Bertz CT molecular complexity index is 1320. The van der Waals surface area contributed by atoms with E-state index in [4.69, 9.17) is 20.4 Å². The summed E-state index contributed by atoms with van der Waals surface area (Å²) in [6.07, 6.45) is 7.92. The zero-order chi connectivity index (χ0) is 24.6. The molecule has 2 aromatic carbocycles. The minimum Gasteiger partial charge on any atom is -0.492 e. The van der Waals surface area contributed by atoms with E-state index in [1.165, 1.54) is 25.9 Å². The number of nitrogens with two attached hydrogens (primary N) is 1. The quantitative estimate of drug-likeness (QED) is 0.457. The lowest BCUT2D eigenvalue weighted by Crippen LogP contribution is -2.32. The van der Waals surface area contributed by atoms with Gasteiger partial charge in [-0.1, -0.05) is 30.4 Å². The van der Waals surface area contributed by atoms with Crippen molar-refractivity contribution in [2.24, 2.45) is 23.5 Å². The monoisotopic (exact) mass is 483 g/mol. The van der Waals surface area contributed by atoms with E-state index in [9.17, 15) is 4.79 Å². The molecule has 1 aromatic heterocycles. The van der Waals surface area contributed by atoms with Crippen LogP contribution in [-0.4, -0.2) is 47.0 Å². The number of carbonyl (C=O) groups is 1. The molecule has 2 heterocycles. The number of anilines is 2. The first-order chi connectivity index (χ1) is 17.6. The normalized spacial score (nSPS) is 25.0. The Morgan fingerprint density at radius 3 is 2.72 bits per heavy atom. The number of hydrogen-bond donors (Lipinski definition) is 2. The van der Waals surface area contributed by atoms with Crippen LogP contribution in [0.25, 0.3) is 10.9 Å². The lowest BCUT2D eigenvalue weighted by molar-refractivity contribution is -0.123. The fourth-order valence-corrected chi connectivity index (χ4v) is 6.30. The molecular formula is C29H33N5O2. The van der Waals surface area contributed by atoms with Crippen molar-refractivity contribution >= 4 is 28.4 Å². The number of carbonyl (C=O) groups excluding carboxylic acids is 1. The van der Waals surface area contributed by atoms with Crippen molar-refractivity contribution in [3.8, 4) is 5.75 Å². The van der Waals surface area contributed by atoms with Crippen molar-refractivity contribution in [2.75, 3.05) is 31.6 Å². The predicted molar refractivity (Wildman–Crippen MR) is 141 cm³/mol. The molecule has 6 rings (SSSR count). The molecule has 1 amide bonds. The number of benzene rings is 2. The van der Waals surface area contributed by atoms with Crippen LogP contribution < -0.4 is 15.8 Å². The molecule has 1 saturated carbocycles. The van der Waals surface area contributed by atoms with Gasteiger partial charge in [-0.25, -0.2) is 9.97 Å². The molecule has 186 valence electrons. The van der Waals surface area contributed by atoms with Crippen LogP contribution in [0.5, 0.6) is 5.75 Å². The molecule has 36 heavy (non-hydrogen) atoms. The van der Waals surface area contributed by atoms with Gasteiger partial charge in [0.2, 0.25) is 11.9 Å². The highest BCUT2D eigenvalue weighted by Crippen LogP contribution is 2.53. The number of allylic oxidation sites excluding steroid dienone is 2. The van der Waals surface area contributed by atoms with E-state index in [1.807, 2.05) is 36.4 Å². The summed E-state index contributed by atoms with van der Waals surface area (Å²) in [5.74, 6) is 1.40. The van der Waals surface area contributed by atoms with Crippen LogP contribution in [0.1, 0.15) is 36.4 Å². The zero-order valence-electron chi connectivity index (χ0n) is 20.7. The second-order valence-corrected chi connectivity index (χ2v) is 10.4. The molecule has 3 aromatic rings. The molecule has 4 unspecified atom stereocenters. The standard InChI is InChI=1S/C29H33N5O2/c1-18-16-21(10-11-24(18)36-15-14-34-12-4-5-13-34)31-29-32-23-7-3-2-6-22(23)27(33-29)25-19-8-9-20(17-19)26(25)28(30)35/h2-3,6-11,16,19-20,25-26H,4-5,12-15,17H2,1H3,(H2,30,35)(H,31,32,33). The van der Waals surface area contributed by atoms with Crippen LogP contribution in [0.2, 0.25) is 0 Å². The number of rotatable bonds is 8. The number of likely N-dealkylation sites (tertiary alicyclic amines) is 1. The maximum atomic E-state index is 12.4. The molecule has 0 spiro atoms.